The van der Waals surface area contributed by atoms with Crippen molar-refractivity contribution in [1.29, 1.82) is 0 Å². The van der Waals surface area contributed by atoms with Crippen LogP contribution in [-0.4, -0.2) is 23.2 Å². The van der Waals surface area contributed by atoms with E-state index >= 15 is 0 Å². The van der Waals surface area contributed by atoms with Gasteiger partial charge in [-0.25, -0.2) is 4.98 Å². The third kappa shape index (κ3) is 6.01. The second kappa shape index (κ2) is 10.4. The maximum absolute atomic E-state index is 12.6. The van der Waals surface area contributed by atoms with Crippen LogP contribution < -0.4 is 10.6 Å². The zero-order chi connectivity index (χ0) is 17.4. The van der Waals surface area contributed by atoms with E-state index < -0.39 is 0 Å². The highest BCUT2D eigenvalue weighted by molar-refractivity contribution is 8.03. The molecule has 0 fully saturated rings. The van der Waals surface area contributed by atoms with Crippen molar-refractivity contribution in [1.82, 2.24) is 15.6 Å². The zero-order valence-corrected chi connectivity index (χ0v) is 16.9. The lowest BCUT2D eigenvalue weighted by molar-refractivity contribution is -0.117. The van der Waals surface area contributed by atoms with Crippen LogP contribution in [0, 0.1) is 5.92 Å². The Kier molecular flexibility index (Phi) is 8.49. The van der Waals surface area contributed by atoms with Crippen molar-refractivity contribution >= 4 is 41.6 Å². The normalized spacial score (nSPS) is 17.4. The minimum atomic E-state index is 0.0198. The van der Waals surface area contributed by atoms with Crippen molar-refractivity contribution in [2.75, 3.05) is 12.3 Å². The van der Waals surface area contributed by atoms with Crippen LogP contribution in [0.15, 0.2) is 22.2 Å². The Hall–Kier alpha value is -0.660. The molecule has 2 rings (SSSR count). The monoisotopic (exact) mass is 385 g/mol. The van der Waals surface area contributed by atoms with Crippen LogP contribution in [0.1, 0.15) is 56.3 Å². The van der Waals surface area contributed by atoms with Crippen molar-refractivity contribution in [3.63, 3.8) is 0 Å². The number of aromatic nitrogens is 1. The lowest BCUT2D eigenvalue weighted by Crippen LogP contribution is -2.31. The summed E-state index contributed by atoms with van der Waals surface area (Å²) in [6.45, 7) is 5.10. The van der Waals surface area contributed by atoms with Crippen LogP contribution in [0.4, 0.5) is 0 Å². The van der Waals surface area contributed by atoms with Crippen molar-refractivity contribution in [2.45, 2.75) is 51.3 Å². The molecule has 4 nitrogen and oxygen atoms in total. The predicted molar refractivity (Wildman–Crippen MR) is 107 cm³/mol. The van der Waals surface area contributed by atoms with E-state index in [0.29, 0.717) is 5.92 Å². The number of thioether (sulfide) groups is 1. The van der Waals surface area contributed by atoms with Crippen LogP contribution in [-0.2, 0) is 4.79 Å². The summed E-state index contributed by atoms with van der Waals surface area (Å²) < 4.78 is 0. The summed E-state index contributed by atoms with van der Waals surface area (Å²) in [6.07, 6.45) is 7.23. The number of amides is 1. The third-order valence-corrected chi connectivity index (χ3v) is 6.22. The number of rotatable bonds is 10. The molecule has 0 bridgehead atoms. The van der Waals surface area contributed by atoms with Crippen molar-refractivity contribution in [3.8, 4) is 0 Å². The van der Waals surface area contributed by atoms with Gasteiger partial charge < -0.3 is 10.6 Å². The molecular formula is C17H27N3OS3. The Morgan fingerprint density at radius 1 is 1.38 bits per heavy atom. The summed E-state index contributed by atoms with van der Waals surface area (Å²) in [5, 5.41) is 9.50. The minimum Gasteiger partial charge on any atom is -0.362 e. The van der Waals surface area contributed by atoms with Gasteiger partial charge in [-0.2, -0.15) is 12.6 Å². The van der Waals surface area contributed by atoms with Gasteiger partial charge in [0, 0.05) is 23.0 Å². The number of carbonyl (C=O) groups is 1. The van der Waals surface area contributed by atoms with E-state index in [2.05, 4.69) is 42.1 Å². The number of hydrogen-bond acceptors (Lipinski definition) is 6. The fourth-order valence-corrected chi connectivity index (χ4v) is 4.93. The van der Waals surface area contributed by atoms with Gasteiger partial charge in [-0.1, -0.05) is 38.5 Å². The molecule has 1 aromatic rings. The van der Waals surface area contributed by atoms with Gasteiger partial charge in [0.1, 0.15) is 16.1 Å². The van der Waals surface area contributed by atoms with Crippen LogP contribution in [0.25, 0.3) is 0 Å². The van der Waals surface area contributed by atoms with Gasteiger partial charge >= 0.3 is 0 Å². The van der Waals surface area contributed by atoms with Gasteiger partial charge in [-0.3, -0.25) is 4.79 Å². The summed E-state index contributed by atoms with van der Waals surface area (Å²) in [5.41, 5.74) is 0.740. The fraction of sp³-hybridized carbons (Fsp3) is 0.647. The molecule has 1 aliphatic rings. The first kappa shape index (κ1) is 19.7. The van der Waals surface area contributed by atoms with Crippen LogP contribution >= 0.6 is 35.7 Å². The molecule has 7 heteroatoms. The predicted octanol–water partition coefficient (Wildman–Crippen LogP) is 4.34. The Labute approximate surface area is 158 Å². The topological polar surface area (TPSA) is 54.0 Å². The highest BCUT2D eigenvalue weighted by Crippen LogP contribution is 2.43. The minimum absolute atomic E-state index is 0.0198. The summed E-state index contributed by atoms with van der Waals surface area (Å²) >= 11 is 7.57. The first-order valence-electron chi connectivity index (χ1n) is 8.56. The number of carbonyl (C=O) groups excluding carboxylic acids is 1. The Morgan fingerprint density at radius 3 is 2.83 bits per heavy atom. The molecule has 0 aliphatic carbocycles. The molecule has 0 saturated heterocycles. The molecule has 1 atom stereocenters. The molecule has 1 aromatic heterocycles. The summed E-state index contributed by atoms with van der Waals surface area (Å²) in [5.74, 6) is 1.48. The molecule has 1 amide bonds. The molecule has 134 valence electrons. The lowest BCUT2D eigenvalue weighted by atomic mass is 10.1. The number of thiol groups is 1. The van der Waals surface area contributed by atoms with E-state index in [9.17, 15) is 4.79 Å². The zero-order valence-electron chi connectivity index (χ0n) is 14.4. The Balaban J connectivity index is 1.89. The number of hydrogen-bond donors (Lipinski definition) is 3. The number of allylic oxidation sites excluding steroid dienone is 1. The fourth-order valence-electron chi connectivity index (χ4n) is 2.51. The maximum atomic E-state index is 12.6. The molecule has 0 saturated carbocycles. The lowest BCUT2D eigenvalue weighted by Gasteiger charge is -2.10. The SMILES string of the molecule is CC(C)CC1=C(C(=O)NCCCCCCS)NC(c2nccs2)S1. The number of unbranched alkanes of at least 4 members (excludes halogenated alkanes) is 3. The van der Waals surface area contributed by atoms with Gasteiger partial charge in [0.2, 0.25) is 0 Å². The second-order valence-electron chi connectivity index (χ2n) is 6.30. The number of nitrogens with zero attached hydrogens (tertiary/aromatic N) is 1. The second-order valence-corrected chi connectivity index (χ2v) is 8.88. The summed E-state index contributed by atoms with van der Waals surface area (Å²) in [7, 11) is 0. The maximum Gasteiger partial charge on any atom is 0.268 e. The highest BCUT2D eigenvalue weighted by atomic mass is 32.2. The first-order chi connectivity index (χ1) is 11.6. The molecule has 1 aliphatic heterocycles. The molecule has 0 radical (unpaired) electrons. The van der Waals surface area contributed by atoms with E-state index in [4.69, 9.17) is 0 Å². The smallest absolute Gasteiger partial charge is 0.268 e. The standard InChI is InChI=1S/C17H27N3OS3/c1-12(2)11-13-14(15(21)18-7-5-3-4-6-9-22)20-17(24-13)16-19-8-10-23-16/h8,10,12,17,20,22H,3-7,9,11H2,1-2H3,(H,18,21). The average molecular weight is 386 g/mol. The van der Waals surface area contributed by atoms with Crippen LogP contribution in [0.5, 0.6) is 0 Å². The van der Waals surface area contributed by atoms with Gasteiger partial charge in [0.15, 0.2) is 0 Å². The highest BCUT2D eigenvalue weighted by Gasteiger charge is 2.30. The van der Waals surface area contributed by atoms with Crippen LogP contribution in [0.2, 0.25) is 0 Å². The van der Waals surface area contributed by atoms with E-state index in [0.717, 1.165) is 53.6 Å². The number of thiazole rings is 1. The van der Waals surface area contributed by atoms with Crippen LogP contribution in [0.3, 0.4) is 0 Å². The van der Waals surface area contributed by atoms with Crippen molar-refractivity contribution in [2.24, 2.45) is 5.92 Å². The molecule has 0 aromatic carbocycles. The van der Waals surface area contributed by atoms with Gasteiger partial charge in [0.25, 0.3) is 5.91 Å². The van der Waals surface area contributed by atoms with Crippen molar-refractivity contribution in [3.05, 3.63) is 27.2 Å². The molecule has 2 heterocycles. The molecule has 24 heavy (non-hydrogen) atoms. The molecular weight excluding hydrogens is 358 g/mol. The summed E-state index contributed by atoms with van der Waals surface area (Å²) in [6, 6.07) is 0. The Morgan fingerprint density at radius 2 is 2.17 bits per heavy atom. The molecule has 0 spiro atoms. The third-order valence-electron chi connectivity index (χ3n) is 3.68. The van der Waals surface area contributed by atoms with Gasteiger partial charge in [-0.15, -0.1) is 11.3 Å². The van der Waals surface area contributed by atoms with Crippen molar-refractivity contribution < 1.29 is 4.79 Å². The quantitative estimate of drug-likeness (QED) is 0.414. The van der Waals surface area contributed by atoms with E-state index in [1.807, 2.05) is 11.6 Å². The molecule has 2 N–H and O–H groups in total. The summed E-state index contributed by atoms with van der Waals surface area (Å²) in [4.78, 5) is 18.1. The van der Waals surface area contributed by atoms with Gasteiger partial charge in [-0.05, 0) is 30.9 Å². The van der Waals surface area contributed by atoms with E-state index in [-0.39, 0.29) is 11.3 Å². The largest absolute Gasteiger partial charge is 0.362 e. The van der Waals surface area contributed by atoms with E-state index in [1.54, 1.807) is 23.1 Å². The first-order valence-corrected chi connectivity index (χ1v) is 11.0. The Bertz CT molecular complexity index is 543. The van der Waals surface area contributed by atoms with Gasteiger partial charge in [0.05, 0.1) is 0 Å². The number of nitrogens with one attached hydrogen (secondary N) is 2. The molecule has 1 unspecified atom stereocenters. The average Bonchev–Trinajstić information content (AvgIpc) is 3.19. The van der Waals surface area contributed by atoms with E-state index in [1.165, 1.54) is 6.42 Å².